The second-order valence-corrected chi connectivity index (χ2v) is 5.14. The summed E-state index contributed by atoms with van der Waals surface area (Å²) < 4.78 is 33.1. The highest BCUT2D eigenvalue weighted by molar-refractivity contribution is 9.10. The van der Waals surface area contributed by atoms with Gasteiger partial charge in [0.1, 0.15) is 5.82 Å². The maximum Gasteiger partial charge on any atom is 0.168 e. The maximum absolute atomic E-state index is 14.0. The van der Waals surface area contributed by atoms with Gasteiger partial charge in [-0.1, -0.05) is 34.1 Å². The standard InChI is InChI=1S/C15H13BrF2O2/c1-20-13-7-2-4-9(15(13)18)8-12(19)14-10(16)5-3-6-11(14)17/h2-7,12,19H,8H2,1H3. The van der Waals surface area contributed by atoms with Gasteiger partial charge in [0.2, 0.25) is 0 Å². The first-order valence-electron chi connectivity index (χ1n) is 5.98. The molecule has 2 nitrogen and oxygen atoms in total. The molecule has 1 N–H and O–H groups in total. The van der Waals surface area contributed by atoms with Gasteiger partial charge in [0.05, 0.1) is 13.2 Å². The van der Waals surface area contributed by atoms with Crippen LogP contribution in [0.2, 0.25) is 0 Å². The molecule has 1 unspecified atom stereocenters. The summed E-state index contributed by atoms with van der Waals surface area (Å²) in [5.74, 6) is -0.973. The number of benzene rings is 2. The van der Waals surface area contributed by atoms with E-state index in [0.29, 0.717) is 4.47 Å². The lowest BCUT2D eigenvalue weighted by atomic mass is 10.0. The van der Waals surface area contributed by atoms with Crippen LogP contribution in [0.4, 0.5) is 8.78 Å². The molecule has 5 heteroatoms. The molecule has 106 valence electrons. The van der Waals surface area contributed by atoms with E-state index in [-0.39, 0.29) is 23.3 Å². The van der Waals surface area contributed by atoms with Crippen LogP contribution in [0.3, 0.4) is 0 Å². The number of rotatable bonds is 4. The van der Waals surface area contributed by atoms with E-state index in [4.69, 9.17) is 4.74 Å². The fourth-order valence-electron chi connectivity index (χ4n) is 2.01. The summed E-state index contributed by atoms with van der Waals surface area (Å²) >= 11 is 3.19. The zero-order valence-corrected chi connectivity index (χ0v) is 12.3. The van der Waals surface area contributed by atoms with Crippen molar-refractivity contribution in [3.8, 4) is 5.75 Å². The molecule has 0 radical (unpaired) electrons. The van der Waals surface area contributed by atoms with Gasteiger partial charge in [0.15, 0.2) is 11.6 Å². The molecule has 2 aromatic rings. The zero-order valence-electron chi connectivity index (χ0n) is 10.7. The van der Waals surface area contributed by atoms with Crippen LogP contribution in [0.25, 0.3) is 0 Å². The van der Waals surface area contributed by atoms with Crippen LogP contribution < -0.4 is 4.74 Å². The lowest BCUT2D eigenvalue weighted by Crippen LogP contribution is -2.07. The molecule has 0 aromatic heterocycles. The fourth-order valence-corrected chi connectivity index (χ4v) is 2.62. The topological polar surface area (TPSA) is 29.5 Å². The number of hydrogen-bond acceptors (Lipinski definition) is 2. The Kier molecular flexibility index (Phi) is 4.73. The van der Waals surface area contributed by atoms with Crippen LogP contribution in [-0.2, 0) is 6.42 Å². The molecule has 2 rings (SSSR count). The number of aliphatic hydroxyl groups is 1. The predicted octanol–water partition coefficient (Wildman–Crippen LogP) is 4.01. The Morgan fingerprint density at radius 3 is 2.55 bits per heavy atom. The van der Waals surface area contributed by atoms with Crippen LogP contribution in [0.1, 0.15) is 17.2 Å². The Hall–Kier alpha value is -1.46. The van der Waals surface area contributed by atoms with Gasteiger partial charge in [0, 0.05) is 16.5 Å². The monoisotopic (exact) mass is 342 g/mol. The maximum atomic E-state index is 14.0. The highest BCUT2D eigenvalue weighted by atomic mass is 79.9. The van der Waals surface area contributed by atoms with E-state index in [1.54, 1.807) is 12.1 Å². The van der Waals surface area contributed by atoms with Gasteiger partial charge in [-0.2, -0.15) is 0 Å². The van der Waals surface area contributed by atoms with Crippen molar-refractivity contribution in [2.24, 2.45) is 0 Å². The van der Waals surface area contributed by atoms with E-state index in [1.807, 2.05) is 0 Å². The van der Waals surface area contributed by atoms with Crippen molar-refractivity contribution >= 4 is 15.9 Å². The molecule has 20 heavy (non-hydrogen) atoms. The molecule has 0 spiro atoms. The Bertz CT molecular complexity index is 597. The molecule has 0 amide bonds. The first-order valence-corrected chi connectivity index (χ1v) is 6.77. The number of methoxy groups -OCH3 is 1. The van der Waals surface area contributed by atoms with Gasteiger partial charge in [-0.3, -0.25) is 0 Å². The van der Waals surface area contributed by atoms with Gasteiger partial charge in [-0.05, 0) is 23.8 Å². The number of halogens is 3. The predicted molar refractivity (Wildman–Crippen MR) is 75.7 cm³/mol. The van der Waals surface area contributed by atoms with Gasteiger partial charge >= 0.3 is 0 Å². The second-order valence-electron chi connectivity index (χ2n) is 4.29. The van der Waals surface area contributed by atoms with E-state index in [1.165, 1.54) is 31.4 Å². The molecular weight excluding hydrogens is 330 g/mol. The Morgan fingerprint density at radius 2 is 1.90 bits per heavy atom. The molecule has 1 atom stereocenters. The van der Waals surface area contributed by atoms with Gasteiger partial charge < -0.3 is 9.84 Å². The zero-order chi connectivity index (χ0) is 14.7. The fraction of sp³-hybridized carbons (Fsp3) is 0.200. The highest BCUT2D eigenvalue weighted by Gasteiger charge is 2.19. The number of aliphatic hydroxyl groups excluding tert-OH is 1. The van der Waals surface area contributed by atoms with Crippen molar-refractivity contribution in [1.82, 2.24) is 0 Å². The third-order valence-corrected chi connectivity index (χ3v) is 3.70. The molecule has 0 aliphatic carbocycles. The normalized spacial score (nSPS) is 12.2. The summed E-state index contributed by atoms with van der Waals surface area (Å²) in [6.45, 7) is 0. The summed E-state index contributed by atoms with van der Waals surface area (Å²) in [7, 11) is 1.37. The van der Waals surface area contributed by atoms with E-state index in [9.17, 15) is 13.9 Å². The van der Waals surface area contributed by atoms with Crippen molar-refractivity contribution in [3.63, 3.8) is 0 Å². The minimum Gasteiger partial charge on any atom is -0.494 e. The van der Waals surface area contributed by atoms with Crippen LogP contribution in [-0.4, -0.2) is 12.2 Å². The minimum atomic E-state index is -1.15. The van der Waals surface area contributed by atoms with Gasteiger partial charge in [-0.25, -0.2) is 8.78 Å². The van der Waals surface area contributed by atoms with E-state index in [0.717, 1.165) is 0 Å². The third-order valence-electron chi connectivity index (χ3n) is 3.01. The average molecular weight is 343 g/mol. The third kappa shape index (κ3) is 2.99. The largest absolute Gasteiger partial charge is 0.494 e. The SMILES string of the molecule is COc1cccc(CC(O)c2c(F)cccc2Br)c1F. The van der Waals surface area contributed by atoms with Crippen molar-refractivity contribution in [1.29, 1.82) is 0 Å². The van der Waals surface area contributed by atoms with E-state index < -0.39 is 17.7 Å². The first kappa shape index (κ1) is 14.9. The summed E-state index contributed by atoms with van der Waals surface area (Å²) in [6.07, 6.45) is -1.19. The highest BCUT2D eigenvalue weighted by Crippen LogP contribution is 2.30. The minimum absolute atomic E-state index is 0.0391. The molecule has 0 fully saturated rings. The molecular formula is C15H13BrF2O2. The Balaban J connectivity index is 2.31. The van der Waals surface area contributed by atoms with E-state index >= 15 is 0 Å². The summed E-state index contributed by atoms with van der Waals surface area (Å²) in [6, 6.07) is 9.07. The molecule has 0 saturated carbocycles. The molecule has 0 saturated heterocycles. The molecule has 0 aliphatic heterocycles. The number of hydrogen-bond donors (Lipinski definition) is 1. The van der Waals surface area contributed by atoms with Crippen LogP contribution in [0.5, 0.6) is 5.75 Å². The van der Waals surface area contributed by atoms with Gasteiger partial charge in [0.25, 0.3) is 0 Å². The van der Waals surface area contributed by atoms with Crippen LogP contribution >= 0.6 is 15.9 Å². The summed E-state index contributed by atoms with van der Waals surface area (Å²) in [5, 5.41) is 10.1. The smallest absolute Gasteiger partial charge is 0.168 e. The van der Waals surface area contributed by atoms with Crippen LogP contribution in [0, 0.1) is 11.6 Å². The van der Waals surface area contributed by atoms with Gasteiger partial charge in [-0.15, -0.1) is 0 Å². The Morgan fingerprint density at radius 1 is 1.20 bits per heavy atom. The first-order chi connectivity index (χ1) is 9.54. The molecule has 0 aliphatic rings. The van der Waals surface area contributed by atoms with E-state index in [2.05, 4.69) is 15.9 Å². The Labute approximate surface area is 124 Å². The van der Waals surface area contributed by atoms with Crippen molar-refractivity contribution in [2.75, 3.05) is 7.11 Å². The lowest BCUT2D eigenvalue weighted by Gasteiger charge is -2.15. The molecule has 0 bridgehead atoms. The summed E-state index contributed by atoms with van der Waals surface area (Å²) in [5.41, 5.74) is 0.390. The molecule has 2 aromatic carbocycles. The lowest BCUT2D eigenvalue weighted by molar-refractivity contribution is 0.171. The van der Waals surface area contributed by atoms with Crippen molar-refractivity contribution < 1.29 is 18.6 Å². The van der Waals surface area contributed by atoms with Crippen molar-refractivity contribution in [2.45, 2.75) is 12.5 Å². The van der Waals surface area contributed by atoms with Crippen LogP contribution in [0.15, 0.2) is 40.9 Å². The summed E-state index contributed by atoms with van der Waals surface area (Å²) in [4.78, 5) is 0. The quantitative estimate of drug-likeness (QED) is 0.909. The van der Waals surface area contributed by atoms with Crippen molar-refractivity contribution in [3.05, 3.63) is 63.6 Å². The average Bonchev–Trinajstić information content (AvgIpc) is 2.41. The second kappa shape index (κ2) is 6.33. The number of ether oxygens (including phenoxy) is 1. The molecule has 0 heterocycles.